The van der Waals surface area contributed by atoms with Gasteiger partial charge < -0.3 is 19.7 Å². The average Bonchev–Trinajstić information content (AvgIpc) is 3.13. The fraction of sp³-hybridized carbons (Fsp3) is 0.938. The van der Waals surface area contributed by atoms with Crippen LogP contribution >= 0.6 is 0 Å². The molecule has 0 radical (unpaired) electrons. The molecule has 3 fully saturated rings. The molecule has 0 saturated carbocycles. The van der Waals surface area contributed by atoms with Crippen LogP contribution in [0.5, 0.6) is 0 Å². The van der Waals surface area contributed by atoms with E-state index in [1.54, 1.807) is 0 Å². The zero-order valence-corrected chi connectivity index (χ0v) is 13.1. The van der Waals surface area contributed by atoms with Crippen molar-refractivity contribution in [3.05, 3.63) is 0 Å². The van der Waals surface area contributed by atoms with Gasteiger partial charge in [-0.1, -0.05) is 0 Å². The van der Waals surface area contributed by atoms with Crippen molar-refractivity contribution in [3.63, 3.8) is 0 Å². The van der Waals surface area contributed by atoms with Crippen LogP contribution < -0.4 is 5.32 Å². The van der Waals surface area contributed by atoms with Gasteiger partial charge in [0.15, 0.2) is 0 Å². The van der Waals surface area contributed by atoms with Gasteiger partial charge in [-0.3, -0.25) is 4.79 Å². The van der Waals surface area contributed by atoms with Gasteiger partial charge >= 0.3 is 0 Å². The summed E-state index contributed by atoms with van der Waals surface area (Å²) in [6.07, 6.45) is 4.27. The Hall–Kier alpha value is -0.650. The van der Waals surface area contributed by atoms with E-state index in [4.69, 9.17) is 9.47 Å². The third kappa shape index (κ3) is 3.76. The number of ether oxygens (including phenoxy) is 2. The number of likely N-dealkylation sites (tertiary alicyclic amines) is 1. The molecule has 3 rings (SSSR count). The fourth-order valence-corrected chi connectivity index (χ4v) is 3.79. The molecular formula is C16H28N2O3. The van der Waals surface area contributed by atoms with E-state index < -0.39 is 0 Å². The van der Waals surface area contributed by atoms with Crippen molar-refractivity contribution in [1.82, 2.24) is 10.2 Å². The minimum Gasteiger partial charge on any atom is -0.376 e. The van der Waals surface area contributed by atoms with E-state index in [9.17, 15) is 4.79 Å². The summed E-state index contributed by atoms with van der Waals surface area (Å²) in [6, 6.07) is 0. The highest BCUT2D eigenvalue weighted by molar-refractivity contribution is 5.80. The summed E-state index contributed by atoms with van der Waals surface area (Å²) in [4.78, 5) is 14.5. The first-order valence-electron chi connectivity index (χ1n) is 8.46. The highest BCUT2D eigenvalue weighted by Crippen LogP contribution is 2.27. The van der Waals surface area contributed by atoms with Crippen molar-refractivity contribution in [2.75, 3.05) is 39.4 Å². The monoisotopic (exact) mass is 296 g/mol. The SMILES string of the molecule is CC(OCC1CCCO1)C(=O)N1CC[C@@H]2CNC[C@@H]2CC1. The predicted molar refractivity (Wildman–Crippen MR) is 80.1 cm³/mol. The molecule has 3 aliphatic rings. The lowest BCUT2D eigenvalue weighted by molar-refractivity contribution is -0.144. The van der Waals surface area contributed by atoms with Crippen molar-refractivity contribution in [3.8, 4) is 0 Å². The number of nitrogens with one attached hydrogen (secondary N) is 1. The molecular weight excluding hydrogens is 268 g/mol. The lowest BCUT2D eigenvalue weighted by Crippen LogP contribution is -2.41. The zero-order valence-electron chi connectivity index (χ0n) is 13.1. The molecule has 2 unspecified atom stereocenters. The Morgan fingerprint density at radius 3 is 2.62 bits per heavy atom. The molecule has 0 spiro atoms. The number of carbonyl (C=O) groups is 1. The average molecular weight is 296 g/mol. The van der Waals surface area contributed by atoms with Crippen LogP contribution in [0.3, 0.4) is 0 Å². The number of nitrogens with zero attached hydrogens (tertiary/aromatic N) is 1. The standard InChI is InChI=1S/C16H28N2O3/c1-12(21-11-15-3-2-8-20-15)16(19)18-6-4-13-9-17-10-14(13)5-7-18/h12-15,17H,2-11H2,1H3/t12?,13-,14+,15?. The van der Waals surface area contributed by atoms with Gasteiger partial charge in [0.25, 0.3) is 5.91 Å². The highest BCUT2D eigenvalue weighted by Gasteiger charge is 2.32. The maximum absolute atomic E-state index is 12.5. The Bertz CT molecular complexity index is 343. The summed E-state index contributed by atoms with van der Waals surface area (Å²) in [5, 5.41) is 3.47. The number of rotatable bonds is 4. The topological polar surface area (TPSA) is 50.8 Å². The molecule has 1 N–H and O–H groups in total. The quantitative estimate of drug-likeness (QED) is 0.842. The van der Waals surface area contributed by atoms with Gasteiger partial charge in [-0.15, -0.1) is 0 Å². The van der Waals surface area contributed by atoms with E-state index in [1.165, 1.54) is 0 Å². The van der Waals surface area contributed by atoms with E-state index in [2.05, 4.69) is 5.32 Å². The van der Waals surface area contributed by atoms with Gasteiger partial charge in [0.05, 0.1) is 12.7 Å². The minimum atomic E-state index is -0.342. The smallest absolute Gasteiger partial charge is 0.251 e. The largest absolute Gasteiger partial charge is 0.376 e. The van der Waals surface area contributed by atoms with Crippen LogP contribution in [-0.4, -0.2) is 62.4 Å². The number of carbonyl (C=O) groups excluding carboxylic acids is 1. The van der Waals surface area contributed by atoms with E-state index in [0.29, 0.717) is 6.61 Å². The molecule has 3 aliphatic heterocycles. The summed E-state index contributed by atoms with van der Waals surface area (Å²) < 4.78 is 11.3. The van der Waals surface area contributed by atoms with Crippen molar-refractivity contribution < 1.29 is 14.3 Å². The van der Waals surface area contributed by atoms with Gasteiger partial charge in [0, 0.05) is 19.7 Å². The van der Waals surface area contributed by atoms with Crippen LogP contribution in [0.4, 0.5) is 0 Å². The third-order valence-corrected chi connectivity index (χ3v) is 5.23. The first-order chi connectivity index (χ1) is 10.2. The second-order valence-corrected chi connectivity index (χ2v) is 6.69. The van der Waals surface area contributed by atoms with E-state index in [0.717, 1.165) is 70.3 Å². The van der Waals surface area contributed by atoms with Gasteiger partial charge in [0.1, 0.15) is 6.10 Å². The second-order valence-electron chi connectivity index (χ2n) is 6.69. The lowest BCUT2D eigenvalue weighted by atomic mass is 9.92. The number of amides is 1. The van der Waals surface area contributed by atoms with E-state index >= 15 is 0 Å². The van der Waals surface area contributed by atoms with Crippen molar-refractivity contribution in [1.29, 1.82) is 0 Å². The van der Waals surface area contributed by atoms with Gasteiger partial charge in [-0.2, -0.15) is 0 Å². The lowest BCUT2D eigenvalue weighted by Gasteiger charge is -2.25. The maximum Gasteiger partial charge on any atom is 0.251 e. The van der Waals surface area contributed by atoms with E-state index in [-0.39, 0.29) is 18.1 Å². The third-order valence-electron chi connectivity index (χ3n) is 5.23. The van der Waals surface area contributed by atoms with Gasteiger partial charge in [0.2, 0.25) is 0 Å². The molecule has 5 heteroatoms. The molecule has 0 aromatic rings. The van der Waals surface area contributed by atoms with Crippen molar-refractivity contribution in [2.45, 2.75) is 44.8 Å². The Labute approximate surface area is 127 Å². The van der Waals surface area contributed by atoms with Crippen molar-refractivity contribution >= 4 is 5.91 Å². The highest BCUT2D eigenvalue weighted by atomic mass is 16.5. The number of hydrogen-bond donors (Lipinski definition) is 1. The molecule has 0 bridgehead atoms. The summed E-state index contributed by atoms with van der Waals surface area (Å²) in [6.45, 7) is 7.28. The van der Waals surface area contributed by atoms with Crippen LogP contribution in [0.15, 0.2) is 0 Å². The molecule has 21 heavy (non-hydrogen) atoms. The Morgan fingerprint density at radius 2 is 2.00 bits per heavy atom. The predicted octanol–water partition coefficient (Wildman–Crippen LogP) is 1.03. The van der Waals surface area contributed by atoms with Crippen LogP contribution in [0.25, 0.3) is 0 Å². The van der Waals surface area contributed by atoms with Crippen LogP contribution in [0.2, 0.25) is 0 Å². The first-order valence-corrected chi connectivity index (χ1v) is 8.46. The molecule has 120 valence electrons. The molecule has 1 amide bonds. The summed E-state index contributed by atoms with van der Waals surface area (Å²) in [5.41, 5.74) is 0. The van der Waals surface area contributed by atoms with Crippen LogP contribution in [0, 0.1) is 11.8 Å². The molecule has 3 saturated heterocycles. The summed E-state index contributed by atoms with van der Waals surface area (Å²) in [5.74, 6) is 1.66. The summed E-state index contributed by atoms with van der Waals surface area (Å²) >= 11 is 0. The van der Waals surface area contributed by atoms with Crippen LogP contribution in [0.1, 0.15) is 32.6 Å². The second kappa shape index (κ2) is 7.07. The normalized spacial score (nSPS) is 34.5. The Balaban J connectivity index is 1.45. The van der Waals surface area contributed by atoms with Gasteiger partial charge in [-0.25, -0.2) is 0 Å². The first kappa shape index (κ1) is 15.3. The van der Waals surface area contributed by atoms with Crippen molar-refractivity contribution in [2.24, 2.45) is 11.8 Å². The molecule has 3 heterocycles. The summed E-state index contributed by atoms with van der Waals surface area (Å²) in [7, 11) is 0. The molecule has 0 aliphatic carbocycles. The van der Waals surface area contributed by atoms with Gasteiger partial charge in [-0.05, 0) is 57.5 Å². The van der Waals surface area contributed by atoms with E-state index in [1.807, 2.05) is 11.8 Å². The maximum atomic E-state index is 12.5. The minimum absolute atomic E-state index is 0.154. The Kier molecular flexibility index (Phi) is 5.14. The fourth-order valence-electron chi connectivity index (χ4n) is 3.79. The number of hydrogen-bond acceptors (Lipinski definition) is 4. The Morgan fingerprint density at radius 1 is 1.29 bits per heavy atom. The van der Waals surface area contributed by atoms with Crippen LogP contribution in [-0.2, 0) is 14.3 Å². The molecule has 0 aromatic heterocycles. The molecule has 5 nitrogen and oxygen atoms in total. The molecule has 4 atom stereocenters. The molecule has 0 aromatic carbocycles. The number of fused-ring (bicyclic) bond motifs is 1. The zero-order chi connectivity index (χ0) is 14.7.